The van der Waals surface area contributed by atoms with Crippen LogP contribution in [0.2, 0.25) is 5.02 Å². The summed E-state index contributed by atoms with van der Waals surface area (Å²) in [6, 6.07) is 10.4. The second-order valence-corrected chi connectivity index (χ2v) is 7.10. The molecule has 10 heteroatoms. The van der Waals surface area contributed by atoms with Gasteiger partial charge in [-0.1, -0.05) is 17.7 Å². The molecule has 3 heterocycles. The highest BCUT2D eigenvalue weighted by atomic mass is 35.5. The zero-order valence-electron chi connectivity index (χ0n) is 17.3. The van der Waals surface area contributed by atoms with Gasteiger partial charge in [0, 0.05) is 31.1 Å². The highest BCUT2D eigenvalue weighted by molar-refractivity contribution is 6.32. The van der Waals surface area contributed by atoms with E-state index in [4.69, 9.17) is 21.6 Å². The Morgan fingerprint density at radius 3 is 2.59 bits per heavy atom. The normalized spacial score (nSPS) is 11.2. The SMILES string of the molecule is CNC(=O)[C@H](C)Oc1cc(NC(=O)Cc2ccc(-c3ccc(C#N)nc3)nc2)ncc1Cl. The van der Waals surface area contributed by atoms with Crippen LogP contribution in [0.3, 0.4) is 0 Å². The van der Waals surface area contributed by atoms with Gasteiger partial charge in [0.2, 0.25) is 5.91 Å². The Labute approximate surface area is 189 Å². The van der Waals surface area contributed by atoms with Gasteiger partial charge in [-0.2, -0.15) is 5.26 Å². The van der Waals surface area contributed by atoms with E-state index >= 15 is 0 Å². The predicted molar refractivity (Wildman–Crippen MR) is 118 cm³/mol. The molecule has 0 saturated carbocycles. The maximum absolute atomic E-state index is 12.4. The second-order valence-electron chi connectivity index (χ2n) is 6.69. The third kappa shape index (κ3) is 5.77. The lowest BCUT2D eigenvalue weighted by Gasteiger charge is -2.15. The molecular formula is C22H19ClN6O3. The molecule has 3 rings (SSSR count). The van der Waals surface area contributed by atoms with Crippen LogP contribution in [0.4, 0.5) is 5.82 Å². The summed E-state index contributed by atoms with van der Waals surface area (Å²) in [5.74, 6) is -0.141. The van der Waals surface area contributed by atoms with Gasteiger partial charge in [-0.3, -0.25) is 14.6 Å². The number of amides is 2. The number of hydrogen-bond donors (Lipinski definition) is 2. The molecule has 3 aromatic heterocycles. The number of likely N-dealkylation sites (N-methyl/N-ethyl adjacent to an activating group) is 1. The van der Waals surface area contributed by atoms with Crippen molar-refractivity contribution in [3.8, 4) is 23.1 Å². The molecule has 0 aliphatic heterocycles. The molecule has 0 spiro atoms. The molecular weight excluding hydrogens is 432 g/mol. The first-order valence-corrected chi connectivity index (χ1v) is 9.92. The van der Waals surface area contributed by atoms with Crippen molar-refractivity contribution < 1.29 is 14.3 Å². The van der Waals surface area contributed by atoms with E-state index in [0.717, 1.165) is 5.56 Å². The van der Waals surface area contributed by atoms with Crippen molar-refractivity contribution in [2.45, 2.75) is 19.4 Å². The van der Waals surface area contributed by atoms with E-state index in [9.17, 15) is 9.59 Å². The summed E-state index contributed by atoms with van der Waals surface area (Å²) >= 11 is 6.08. The average molecular weight is 451 g/mol. The van der Waals surface area contributed by atoms with Gasteiger partial charge < -0.3 is 15.4 Å². The number of nitriles is 1. The molecule has 9 nitrogen and oxygen atoms in total. The fourth-order valence-electron chi connectivity index (χ4n) is 2.71. The Hall–Kier alpha value is -4.03. The van der Waals surface area contributed by atoms with Gasteiger partial charge in [-0.05, 0) is 30.7 Å². The van der Waals surface area contributed by atoms with E-state index in [0.29, 0.717) is 17.0 Å². The molecule has 32 heavy (non-hydrogen) atoms. The molecule has 0 fully saturated rings. The van der Waals surface area contributed by atoms with E-state index in [2.05, 4.69) is 25.6 Å². The fourth-order valence-corrected chi connectivity index (χ4v) is 2.86. The second kappa shape index (κ2) is 10.3. The number of nitrogens with one attached hydrogen (secondary N) is 2. The number of carbonyl (C=O) groups is 2. The Balaban J connectivity index is 1.63. The van der Waals surface area contributed by atoms with Crippen LogP contribution >= 0.6 is 11.6 Å². The minimum atomic E-state index is -0.764. The average Bonchev–Trinajstić information content (AvgIpc) is 2.81. The number of rotatable bonds is 7. The van der Waals surface area contributed by atoms with Crippen molar-refractivity contribution in [2.24, 2.45) is 0 Å². The summed E-state index contributed by atoms with van der Waals surface area (Å²) in [7, 11) is 1.50. The number of ether oxygens (including phenoxy) is 1. The zero-order chi connectivity index (χ0) is 23.1. The molecule has 3 aromatic rings. The summed E-state index contributed by atoms with van der Waals surface area (Å²) in [6.45, 7) is 1.58. The first-order chi connectivity index (χ1) is 15.4. The lowest BCUT2D eigenvalue weighted by Crippen LogP contribution is -2.33. The largest absolute Gasteiger partial charge is 0.479 e. The van der Waals surface area contributed by atoms with Crippen LogP contribution in [-0.2, 0) is 16.0 Å². The van der Waals surface area contributed by atoms with Crippen LogP contribution in [-0.4, -0.2) is 39.9 Å². The van der Waals surface area contributed by atoms with Gasteiger partial charge in [0.1, 0.15) is 28.4 Å². The van der Waals surface area contributed by atoms with Crippen LogP contribution in [0.1, 0.15) is 18.2 Å². The van der Waals surface area contributed by atoms with E-state index in [1.54, 1.807) is 43.6 Å². The molecule has 0 aliphatic rings. The highest BCUT2D eigenvalue weighted by Crippen LogP contribution is 2.27. The summed E-state index contributed by atoms with van der Waals surface area (Å²) in [4.78, 5) is 36.5. The number of nitrogens with zero attached hydrogens (tertiary/aromatic N) is 4. The number of hydrogen-bond acceptors (Lipinski definition) is 7. The first-order valence-electron chi connectivity index (χ1n) is 9.54. The van der Waals surface area contributed by atoms with Gasteiger partial charge in [0.15, 0.2) is 6.10 Å². The molecule has 0 aromatic carbocycles. The van der Waals surface area contributed by atoms with Gasteiger partial charge >= 0.3 is 0 Å². The lowest BCUT2D eigenvalue weighted by atomic mass is 10.1. The van der Waals surface area contributed by atoms with Gasteiger partial charge in [-0.15, -0.1) is 0 Å². The number of aromatic nitrogens is 3. The van der Waals surface area contributed by atoms with Crippen LogP contribution in [0, 0.1) is 11.3 Å². The van der Waals surface area contributed by atoms with Crippen LogP contribution in [0.5, 0.6) is 5.75 Å². The molecule has 2 N–H and O–H groups in total. The fraction of sp³-hybridized carbons (Fsp3) is 0.182. The minimum Gasteiger partial charge on any atom is -0.479 e. The summed E-state index contributed by atoms with van der Waals surface area (Å²) in [6.07, 6.45) is 3.82. The summed E-state index contributed by atoms with van der Waals surface area (Å²) in [5, 5.41) is 14.2. The van der Waals surface area contributed by atoms with Crippen LogP contribution in [0.15, 0.2) is 48.9 Å². The first kappa shape index (κ1) is 22.7. The van der Waals surface area contributed by atoms with Crippen molar-refractivity contribution in [3.05, 3.63) is 65.2 Å². The number of halogens is 1. The predicted octanol–water partition coefficient (Wildman–Crippen LogP) is 2.76. The molecule has 1 atom stereocenters. The summed E-state index contributed by atoms with van der Waals surface area (Å²) < 4.78 is 5.54. The standard InChI is InChI=1S/C22H19ClN6O3/c1-13(22(31)25-2)32-19-8-20(28-12-17(19)23)29-21(30)7-14-3-6-18(27-10-14)15-4-5-16(9-24)26-11-15/h3-6,8,10-13H,7H2,1-2H3,(H,25,31)(H,28,29,30)/t13-/m0/s1. The molecule has 2 amide bonds. The van der Waals surface area contributed by atoms with Crippen molar-refractivity contribution in [1.29, 1.82) is 5.26 Å². The highest BCUT2D eigenvalue weighted by Gasteiger charge is 2.16. The Morgan fingerprint density at radius 2 is 1.97 bits per heavy atom. The third-order valence-electron chi connectivity index (χ3n) is 4.37. The Morgan fingerprint density at radius 1 is 1.16 bits per heavy atom. The van der Waals surface area contributed by atoms with Gasteiger partial charge in [0.25, 0.3) is 5.91 Å². The van der Waals surface area contributed by atoms with E-state index < -0.39 is 6.10 Å². The monoisotopic (exact) mass is 450 g/mol. The molecule has 0 bridgehead atoms. The van der Waals surface area contributed by atoms with Crippen LogP contribution in [0.25, 0.3) is 11.3 Å². The molecule has 0 unspecified atom stereocenters. The Kier molecular flexibility index (Phi) is 7.31. The topological polar surface area (TPSA) is 130 Å². The lowest BCUT2D eigenvalue weighted by molar-refractivity contribution is -0.126. The summed E-state index contributed by atoms with van der Waals surface area (Å²) in [5.41, 5.74) is 2.47. The van der Waals surface area contributed by atoms with E-state index in [-0.39, 0.29) is 34.8 Å². The van der Waals surface area contributed by atoms with Gasteiger partial charge in [0.05, 0.1) is 18.3 Å². The van der Waals surface area contributed by atoms with Crippen LogP contribution < -0.4 is 15.4 Å². The minimum absolute atomic E-state index is 0.0774. The number of carbonyl (C=O) groups excluding carboxylic acids is 2. The Bertz CT molecular complexity index is 1160. The third-order valence-corrected chi connectivity index (χ3v) is 4.65. The molecule has 0 radical (unpaired) electrons. The van der Waals surface area contributed by atoms with E-state index in [1.165, 1.54) is 19.3 Å². The number of pyridine rings is 3. The van der Waals surface area contributed by atoms with Crippen molar-refractivity contribution in [2.75, 3.05) is 12.4 Å². The quantitative estimate of drug-likeness (QED) is 0.566. The van der Waals surface area contributed by atoms with Crippen molar-refractivity contribution in [1.82, 2.24) is 20.3 Å². The van der Waals surface area contributed by atoms with Crippen molar-refractivity contribution in [3.63, 3.8) is 0 Å². The molecule has 162 valence electrons. The zero-order valence-corrected chi connectivity index (χ0v) is 18.1. The van der Waals surface area contributed by atoms with Crippen molar-refractivity contribution >= 4 is 29.2 Å². The molecule has 0 aliphatic carbocycles. The van der Waals surface area contributed by atoms with E-state index in [1.807, 2.05) is 6.07 Å². The maximum Gasteiger partial charge on any atom is 0.260 e. The maximum atomic E-state index is 12.4. The smallest absolute Gasteiger partial charge is 0.260 e. The van der Waals surface area contributed by atoms with Gasteiger partial charge in [-0.25, -0.2) is 9.97 Å². The number of anilines is 1. The molecule has 0 saturated heterocycles.